The van der Waals surface area contributed by atoms with E-state index in [-0.39, 0.29) is 5.78 Å². The highest BCUT2D eigenvalue weighted by atomic mass is 32.2. The molecule has 6 aromatic rings. The van der Waals surface area contributed by atoms with E-state index in [9.17, 15) is 4.79 Å². The fourth-order valence-electron chi connectivity index (χ4n) is 4.64. The molecule has 0 spiro atoms. The molecule has 0 saturated heterocycles. The number of benzene rings is 4. The van der Waals surface area contributed by atoms with Crippen LogP contribution in [0.4, 0.5) is 0 Å². The van der Waals surface area contributed by atoms with Gasteiger partial charge in [0.2, 0.25) is 0 Å². The van der Waals surface area contributed by atoms with Crippen molar-refractivity contribution in [3.05, 3.63) is 132 Å². The van der Waals surface area contributed by atoms with E-state index in [2.05, 4.69) is 51.8 Å². The summed E-state index contributed by atoms with van der Waals surface area (Å²) < 4.78 is 2.06. The highest BCUT2D eigenvalue weighted by Crippen LogP contribution is 2.40. The first-order valence-corrected chi connectivity index (χ1v) is 13.4. The van der Waals surface area contributed by atoms with Crippen molar-refractivity contribution in [2.75, 3.05) is 0 Å². The lowest BCUT2D eigenvalue weighted by molar-refractivity contribution is 0.0991. The van der Waals surface area contributed by atoms with Gasteiger partial charge in [0.25, 0.3) is 0 Å². The Morgan fingerprint density at radius 1 is 0.816 bits per heavy atom. The smallest absolute Gasteiger partial charge is 0.197 e. The Hall–Kier alpha value is -4.42. The topological polar surface area (TPSA) is 63.6 Å². The number of hydrogen-bond donors (Lipinski definition) is 1. The molecule has 5 nitrogen and oxygen atoms in total. The first-order chi connectivity index (χ1) is 18.6. The van der Waals surface area contributed by atoms with Crippen LogP contribution in [0, 0.1) is 13.8 Å². The number of hydrogen-bond acceptors (Lipinski definition) is 4. The standard InChI is InChI=1S/C32H26N4OS/c1-21-17-18-25(19-22(21)2)36-31(24-13-7-4-8-14-24)34-35-32(36)38-30(23-11-5-3-6-12-23)29(37)27-20-33-28-16-10-9-15-26(27)28/h3-20,30,33H,1-2H3/t30-/m1/s1. The second-order valence-corrected chi connectivity index (χ2v) is 10.4. The van der Waals surface area contributed by atoms with Crippen molar-refractivity contribution in [1.82, 2.24) is 19.7 Å². The molecule has 1 N–H and O–H groups in total. The molecular formula is C32H26N4OS. The molecule has 6 rings (SSSR count). The molecule has 2 heterocycles. The van der Waals surface area contributed by atoms with Crippen molar-refractivity contribution in [1.29, 1.82) is 0 Å². The summed E-state index contributed by atoms with van der Waals surface area (Å²) in [5.74, 6) is 0.761. The van der Waals surface area contributed by atoms with Crippen LogP contribution >= 0.6 is 11.8 Å². The van der Waals surface area contributed by atoms with E-state index in [0.29, 0.717) is 10.7 Å². The number of carbonyl (C=O) groups is 1. The van der Waals surface area contributed by atoms with Gasteiger partial charge in [0.1, 0.15) is 5.25 Å². The van der Waals surface area contributed by atoms with Crippen molar-refractivity contribution < 1.29 is 4.79 Å². The zero-order valence-corrected chi connectivity index (χ0v) is 21.9. The Balaban J connectivity index is 1.49. The van der Waals surface area contributed by atoms with Crippen molar-refractivity contribution in [3.63, 3.8) is 0 Å². The Morgan fingerprint density at radius 2 is 1.53 bits per heavy atom. The average molecular weight is 515 g/mol. The van der Waals surface area contributed by atoms with Crippen LogP contribution in [-0.2, 0) is 0 Å². The molecule has 1 atom stereocenters. The van der Waals surface area contributed by atoms with Crippen LogP contribution < -0.4 is 0 Å². The molecule has 0 aliphatic carbocycles. The van der Waals surface area contributed by atoms with E-state index in [1.807, 2.05) is 91.1 Å². The summed E-state index contributed by atoms with van der Waals surface area (Å²) in [6.07, 6.45) is 1.81. The molecule has 0 fully saturated rings. The molecule has 4 aromatic carbocycles. The molecular weight excluding hydrogens is 488 g/mol. The number of H-pyrrole nitrogens is 1. The van der Waals surface area contributed by atoms with Gasteiger partial charge in [0.15, 0.2) is 16.8 Å². The lowest BCUT2D eigenvalue weighted by Crippen LogP contribution is -2.11. The SMILES string of the molecule is Cc1ccc(-n2c(S[C@@H](C(=O)c3c[nH]c4ccccc34)c3ccccc3)nnc2-c2ccccc2)cc1C. The minimum absolute atomic E-state index is 0.0227. The normalized spacial score (nSPS) is 12.1. The number of thioether (sulfide) groups is 1. The van der Waals surface area contributed by atoms with Gasteiger partial charge in [0, 0.05) is 28.2 Å². The van der Waals surface area contributed by atoms with Gasteiger partial charge in [-0.15, -0.1) is 10.2 Å². The maximum absolute atomic E-state index is 14.1. The third-order valence-electron chi connectivity index (χ3n) is 6.83. The van der Waals surface area contributed by atoms with E-state index in [1.165, 1.54) is 22.9 Å². The largest absolute Gasteiger partial charge is 0.360 e. The molecule has 0 aliphatic heterocycles. The van der Waals surface area contributed by atoms with Gasteiger partial charge in [-0.25, -0.2) is 0 Å². The van der Waals surface area contributed by atoms with Gasteiger partial charge < -0.3 is 4.98 Å². The lowest BCUT2D eigenvalue weighted by atomic mass is 10.0. The predicted octanol–water partition coefficient (Wildman–Crippen LogP) is 7.75. The van der Waals surface area contributed by atoms with Crippen LogP contribution in [-0.4, -0.2) is 25.5 Å². The Bertz CT molecular complexity index is 1740. The van der Waals surface area contributed by atoms with E-state index < -0.39 is 5.25 Å². The van der Waals surface area contributed by atoms with Crippen LogP contribution in [0.1, 0.15) is 32.3 Å². The Morgan fingerprint density at radius 3 is 2.29 bits per heavy atom. The van der Waals surface area contributed by atoms with Crippen LogP contribution in [0.25, 0.3) is 28.0 Å². The van der Waals surface area contributed by atoms with Gasteiger partial charge >= 0.3 is 0 Å². The fourth-order valence-corrected chi connectivity index (χ4v) is 5.76. The minimum atomic E-state index is -0.506. The van der Waals surface area contributed by atoms with Crippen LogP contribution in [0.3, 0.4) is 0 Å². The molecule has 0 unspecified atom stereocenters. The number of ketones is 1. The molecule has 186 valence electrons. The third-order valence-corrected chi connectivity index (χ3v) is 8.03. The zero-order chi connectivity index (χ0) is 26.1. The molecule has 38 heavy (non-hydrogen) atoms. The number of carbonyl (C=O) groups excluding carboxylic acids is 1. The van der Waals surface area contributed by atoms with Crippen LogP contribution in [0.2, 0.25) is 0 Å². The summed E-state index contributed by atoms with van der Waals surface area (Å²) in [4.78, 5) is 17.4. The van der Waals surface area contributed by atoms with Crippen molar-refractivity contribution in [2.24, 2.45) is 0 Å². The van der Waals surface area contributed by atoms with Crippen molar-refractivity contribution in [2.45, 2.75) is 24.3 Å². The summed E-state index contributed by atoms with van der Waals surface area (Å²) in [5, 5.41) is 10.3. The quantitative estimate of drug-likeness (QED) is 0.175. The fraction of sp³-hybridized carbons (Fsp3) is 0.0938. The maximum Gasteiger partial charge on any atom is 0.197 e. The van der Waals surface area contributed by atoms with Gasteiger partial charge in [-0.2, -0.15) is 0 Å². The number of aromatic amines is 1. The monoisotopic (exact) mass is 514 g/mol. The molecule has 0 amide bonds. The van der Waals surface area contributed by atoms with Crippen molar-refractivity contribution >= 4 is 28.4 Å². The van der Waals surface area contributed by atoms with Crippen LogP contribution in [0.5, 0.6) is 0 Å². The molecule has 6 heteroatoms. The molecule has 2 aromatic heterocycles. The number of para-hydroxylation sites is 1. The summed E-state index contributed by atoms with van der Waals surface area (Å²) in [7, 11) is 0. The van der Waals surface area contributed by atoms with E-state index in [1.54, 1.807) is 0 Å². The molecule has 0 saturated carbocycles. The predicted molar refractivity (Wildman–Crippen MR) is 154 cm³/mol. The summed E-state index contributed by atoms with van der Waals surface area (Å²) in [6.45, 7) is 4.20. The van der Waals surface area contributed by atoms with E-state index >= 15 is 0 Å². The number of nitrogens with one attached hydrogen (secondary N) is 1. The van der Waals surface area contributed by atoms with Gasteiger partial charge in [-0.1, -0.05) is 96.7 Å². The maximum atomic E-state index is 14.1. The zero-order valence-electron chi connectivity index (χ0n) is 21.1. The second kappa shape index (κ2) is 10.1. The molecule has 0 bridgehead atoms. The van der Waals surface area contributed by atoms with Gasteiger partial charge in [-0.05, 0) is 48.7 Å². The summed E-state index contributed by atoms with van der Waals surface area (Å²) in [6, 6.07) is 34.2. The van der Waals surface area contributed by atoms with Crippen molar-refractivity contribution in [3.8, 4) is 17.1 Å². The first kappa shape index (κ1) is 23.9. The number of aromatic nitrogens is 4. The second-order valence-electron chi connectivity index (χ2n) is 9.30. The Labute approximate surface area is 225 Å². The van der Waals surface area contributed by atoms with Crippen LogP contribution in [0.15, 0.2) is 114 Å². The number of nitrogens with zero attached hydrogens (tertiary/aromatic N) is 3. The number of fused-ring (bicyclic) bond motifs is 1. The number of aryl methyl sites for hydroxylation is 2. The lowest BCUT2D eigenvalue weighted by Gasteiger charge is -2.17. The van der Waals surface area contributed by atoms with Gasteiger partial charge in [-0.3, -0.25) is 9.36 Å². The van der Waals surface area contributed by atoms with E-state index in [4.69, 9.17) is 0 Å². The van der Waals surface area contributed by atoms with E-state index in [0.717, 1.165) is 33.5 Å². The summed E-state index contributed by atoms with van der Waals surface area (Å²) >= 11 is 1.43. The first-order valence-electron chi connectivity index (χ1n) is 12.5. The average Bonchev–Trinajstić information content (AvgIpc) is 3.58. The highest BCUT2D eigenvalue weighted by molar-refractivity contribution is 8.00. The third kappa shape index (κ3) is 4.44. The number of Topliss-reactive ketones (excluding diaryl/α,β-unsaturated/α-hetero) is 1. The highest BCUT2D eigenvalue weighted by Gasteiger charge is 2.29. The molecule has 0 radical (unpaired) electrons. The number of rotatable bonds is 7. The summed E-state index contributed by atoms with van der Waals surface area (Å²) in [5.41, 5.74) is 6.85. The molecule has 0 aliphatic rings. The Kier molecular flexibility index (Phi) is 6.40. The van der Waals surface area contributed by atoms with Gasteiger partial charge in [0.05, 0.1) is 5.69 Å². The minimum Gasteiger partial charge on any atom is -0.360 e.